The van der Waals surface area contributed by atoms with Crippen molar-refractivity contribution in [3.63, 3.8) is 0 Å². The van der Waals surface area contributed by atoms with Crippen LogP contribution in [0.15, 0.2) is 71.5 Å². The number of hydrogen-bond donors (Lipinski definition) is 2. The third-order valence-electron chi connectivity index (χ3n) is 7.72. The smallest absolute Gasteiger partial charge is 0.416 e. The number of aromatic nitrogens is 1. The molecular weight excluding hydrogens is 549 g/mol. The van der Waals surface area contributed by atoms with Crippen LogP contribution in [0.2, 0.25) is 0 Å². The van der Waals surface area contributed by atoms with Crippen molar-refractivity contribution in [2.75, 3.05) is 38.0 Å². The highest BCUT2D eigenvalue weighted by Gasteiger charge is 2.47. The zero-order chi connectivity index (χ0) is 30.1. The number of carbonyl (C=O) groups excluding carboxylic acids is 1. The molecule has 42 heavy (non-hydrogen) atoms. The summed E-state index contributed by atoms with van der Waals surface area (Å²) >= 11 is 0. The number of anilines is 1. The molecule has 2 heterocycles. The van der Waals surface area contributed by atoms with Gasteiger partial charge in [-0.25, -0.2) is 4.98 Å². The van der Waals surface area contributed by atoms with Crippen LogP contribution in [0.5, 0.6) is 5.75 Å². The number of rotatable bonds is 8. The standard InChI is InChI=1S/C31H33F3N4O4/c1-20-5-4-6-21(2)29(20)36-28(40)18-37-13-15-38(16-14-37)30(22(3)39,23-7-9-24(10-8-23)31(32,33)34)42-25-11-12-27-26(17-25)35-19-41-27/h4-12,17,19,22,39H,13-16,18H2,1-3H3,(H,36,40). The van der Waals surface area contributed by atoms with Gasteiger partial charge in [0.25, 0.3) is 0 Å². The molecule has 2 N–H and O–H groups in total. The van der Waals surface area contributed by atoms with E-state index in [2.05, 4.69) is 10.3 Å². The normalized spacial score (nSPS) is 17.1. The van der Waals surface area contributed by atoms with Crippen LogP contribution in [0.1, 0.15) is 29.2 Å². The average molecular weight is 583 g/mol. The van der Waals surface area contributed by atoms with E-state index in [1.165, 1.54) is 18.5 Å². The third-order valence-corrected chi connectivity index (χ3v) is 7.72. The van der Waals surface area contributed by atoms with Gasteiger partial charge in [0, 0.05) is 43.5 Å². The van der Waals surface area contributed by atoms with Crippen LogP contribution in [0.3, 0.4) is 0 Å². The van der Waals surface area contributed by atoms with Gasteiger partial charge in [-0.05, 0) is 56.2 Å². The first-order chi connectivity index (χ1) is 20.0. The topological polar surface area (TPSA) is 91.1 Å². The lowest BCUT2D eigenvalue weighted by Gasteiger charge is -2.49. The van der Waals surface area contributed by atoms with Gasteiger partial charge in [-0.15, -0.1) is 0 Å². The number of halogens is 3. The molecule has 4 aromatic rings. The fourth-order valence-electron chi connectivity index (χ4n) is 5.51. The van der Waals surface area contributed by atoms with Crippen LogP contribution in [0, 0.1) is 13.8 Å². The molecule has 0 aliphatic carbocycles. The Bertz CT molecular complexity index is 1530. The number of nitrogens with one attached hydrogen (secondary N) is 1. The quantitative estimate of drug-likeness (QED) is 0.290. The Hall–Kier alpha value is -3.93. The van der Waals surface area contributed by atoms with Crippen molar-refractivity contribution in [3.05, 3.63) is 89.3 Å². The van der Waals surface area contributed by atoms with E-state index >= 15 is 0 Å². The van der Waals surface area contributed by atoms with Crippen molar-refractivity contribution in [1.82, 2.24) is 14.8 Å². The number of aliphatic hydroxyl groups excluding tert-OH is 1. The second kappa shape index (κ2) is 11.7. The minimum Gasteiger partial charge on any atom is -0.465 e. The van der Waals surface area contributed by atoms with E-state index in [1.54, 1.807) is 25.1 Å². The molecule has 5 rings (SSSR count). The van der Waals surface area contributed by atoms with Gasteiger partial charge in [0.2, 0.25) is 11.6 Å². The van der Waals surface area contributed by atoms with Crippen LogP contribution in [-0.2, 0) is 16.7 Å². The molecule has 3 aromatic carbocycles. The van der Waals surface area contributed by atoms with Crippen LogP contribution in [0.25, 0.3) is 11.1 Å². The highest BCUT2D eigenvalue weighted by molar-refractivity contribution is 5.93. The van der Waals surface area contributed by atoms with Crippen molar-refractivity contribution < 1.29 is 32.2 Å². The number of carbonyl (C=O) groups is 1. The van der Waals surface area contributed by atoms with E-state index < -0.39 is 23.6 Å². The van der Waals surface area contributed by atoms with Gasteiger partial charge in [-0.3, -0.25) is 14.6 Å². The van der Waals surface area contributed by atoms with E-state index in [1.807, 2.05) is 41.8 Å². The van der Waals surface area contributed by atoms with Crippen molar-refractivity contribution >= 4 is 22.7 Å². The van der Waals surface area contributed by atoms with Crippen molar-refractivity contribution in [2.24, 2.45) is 0 Å². The summed E-state index contributed by atoms with van der Waals surface area (Å²) in [6.07, 6.45) is -4.35. The lowest BCUT2D eigenvalue weighted by Crippen LogP contribution is -2.62. The Kier molecular flexibility index (Phi) is 8.27. The minimum absolute atomic E-state index is 0.137. The molecule has 1 aliphatic rings. The molecule has 0 bridgehead atoms. The second-order valence-corrected chi connectivity index (χ2v) is 10.6. The second-order valence-electron chi connectivity index (χ2n) is 10.6. The fraction of sp³-hybridized carbons (Fsp3) is 0.355. The van der Waals surface area contributed by atoms with E-state index in [9.17, 15) is 23.1 Å². The molecule has 11 heteroatoms. The molecule has 1 fully saturated rings. The number of hydrogen-bond acceptors (Lipinski definition) is 7. The maximum absolute atomic E-state index is 13.4. The van der Waals surface area contributed by atoms with E-state index in [4.69, 9.17) is 9.15 Å². The SMILES string of the molecule is Cc1cccc(C)c1NC(=O)CN1CCN(C(Oc2ccc3ocnc3c2)(c2ccc(C(F)(F)F)cc2)C(C)O)CC1. The summed E-state index contributed by atoms with van der Waals surface area (Å²) in [5.41, 5.74) is 1.90. The summed E-state index contributed by atoms with van der Waals surface area (Å²) in [5.74, 6) is 0.232. The summed E-state index contributed by atoms with van der Waals surface area (Å²) in [6, 6.07) is 15.5. The lowest BCUT2D eigenvalue weighted by molar-refractivity contribution is -0.173. The first kappa shape index (κ1) is 29.6. The van der Waals surface area contributed by atoms with Crippen LogP contribution >= 0.6 is 0 Å². The highest BCUT2D eigenvalue weighted by atomic mass is 19.4. The van der Waals surface area contributed by atoms with Gasteiger partial charge in [-0.2, -0.15) is 13.2 Å². The zero-order valence-electron chi connectivity index (χ0n) is 23.6. The molecule has 1 amide bonds. The Labute approximate surface area is 241 Å². The number of nitrogens with zero attached hydrogens (tertiary/aromatic N) is 3. The first-order valence-corrected chi connectivity index (χ1v) is 13.7. The number of aryl methyl sites for hydroxylation is 2. The predicted molar refractivity (Wildman–Crippen MR) is 152 cm³/mol. The number of piperazine rings is 1. The lowest BCUT2D eigenvalue weighted by atomic mass is 9.93. The fourth-order valence-corrected chi connectivity index (χ4v) is 5.51. The number of aliphatic hydroxyl groups is 1. The number of para-hydroxylation sites is 1. The van der Waals surface area contributed by atoms with Crippen LogP contribution < -0.4 is 10.1 Å². The third kappa shape index (κ3) is 5.99. The number of oxazole rings is 1. The number of benzene rings is 3. The molecule has 0 spiro atoms. The Morgan fingerprint density at radius 1 is 1.02 bits per heavy atom. The van der Waals surface area contributed by atoms with Gasteiger partial charge in [-0.1, -0.05) is 30.3 Å². The number of fused-ring (bicyclic) bond motifs is 1. The Morgan fingerprint density at radius 3 is 2.29 bits per heavy atom. The molecule has 1 aromatic heterocycles. The monoisotopic (exact) mass is 582 g/mol. The summed E-state index contributed by atoms with van der Waals surface area (Å²) < 4.78 is 52.0. The summed E-state index contributed by atoms with van der Waals surface area (Å²) in [6.45, 7) is 7.33. The molecule has 222 valence electrons. The molecule has 1 saturated heterocycles. The largest absolute Gasteiger partial charge is 0.465 e. The number of alkyl halides is 3. The Balaban J connectivity index is 1.39. The van der Waals surface area contributed by atoms with Gasteiger partial charge in [0.05, 0.1) is 12.1 Å². The first-order valence-electron chi connectivity index (χ1n) is 13.7. The molecule has 0 saturated carbocycles. The van der Waals surface area contributed by atoms with E-state index in [0.29, 0.717) is 48.6 Å². The van der Waals surface area contributed by atoms with Gasteiger partial charge >= 0.3 is 6.18 Å². The van der Waals surface area contributed by atoms with Crippen molar-refractivity contribution in [2.45, 2.75) is 38.8 Å². The van der Waals surface area contributed by atoms with Crippen molar-refractivity contribution in [1.29, 1.82) is 0 Å². The summed E-state index contributed by atoms with van der Waals surface area (Å²) in [7, 11) is 0. The molecule has 8 nitrogen and oxygen atoms in total. The zero-order valence-corrected chi connectivity index (χ0v) is 23.6. The van der Waals surface area contributed by atoms with E-state index in [0.717, 1.165) is 28.9 Å². The summed E-state index contributed by atoms with van der Waals surface area (Å²) in [4.78, 5) is 21.0. The minimum atomic E-state index is -4.51. The maximum atomic E-state index is 13.4. The molecular formula is C31H33F3N4O4. The average Bonchev–Trinajstić information content (AvgIpc) is 3.42. The van der Waals surface area contributed by atoms with E-state index in [-0.39, 0.29) is 12.5 Å². The van der Waals surface area contributed by atoms with Crippen molar-refractivity contribution in [3.8, 4) is 5.75 Å². The molecule has 2 unspecified atom stereocenters. The molecule has 0 radical (unpaired) electrons. The van der Waals surface area contributed by atoms with Gasteiger partial charge in [0.1, 0.15) is 17.4 Å². The van der Waals surface area contributed by atoms with Gasteiger partial charge < -0.3 is 19.6 Å². The highest BCUT2D eigenvalue weighted by Crippen LogP contribution is 2.39. The molecule has 1 aliphatic heterocycles. The number of amides is 1. The Morgan fingerprint density at radius 2 is 1.67 bits per heavy atom. The summed E-state index contributed by atoms with van der Waals surface area (Å²) in [5, 5.41) is 14.3. The van der Waals surface area contributed by atoms with Gasteiger partial charge in [0.15, 0.2) is 12.0 Å². The van der Waals surface area contributed by atoms with Crippen LogP contribution in [0.4, 0.5) is 18.9 Å². The molecule has 2 atom stereocenters. The predicted octanol–water partition coefficient (Wildman–Crippen LogP) is 5.33. The number of ether oxygens (including phenoxy) is 1. The van der Waals surface area contributed by atoms with Crippen LogP contribution in [-0.4, -0.2) is 64.6 Å². The maximum Gasteiger partial charge on any atom is 0.416 e.